The minimum Gasteiger partial charge on any atom is -0.465 e. The van der Waals surface area contributed by atoms with E-state index in [0.717, 1.165) is 17.4 Å². The number of ether oxygens (including phenoxy) is 1. The zero-order valence-corrected chi connectivity index (χ0v) is 11.0. The second-order valence-corrected chi connectivity index (χ2v) is 4.64. The highest BCUT2D eigenvalue weighted by molar-refractivity contribution is 7.17. The summed E-state index contributed by atoms with van der Waals surface area (Å²) in [5.41, 5.74) is 0.687. The predicted octanol–water partition coefficient (Wildman–Crippen LogP) is 1.62. The third-order valence-electron chi connectivity index (χ3n) is 2.36. The van der Waals surface area contributed by atoms with Crippen molar-refractivity contribution in [2.45, 2.75) is 13.3 Å². The van der Waals surface area contributed by atoms with Gasteiger partial charge in [-0.15, -0.1) is 0 Å². The number of hydrogen-bond acceptors (Lipinski definition) is 6. The normalized spacial score (nSPS) is 10.3. The molecule has 6 nitrogen and oxygen atoms in total. The van der Waals surface area contributed by atoms with Gasteiger partial charge < -0.3 is 15.0 Å². The molecule has 2 aromatic heterocycles. The molecule has 0 radical (unpaired) electrons. The average Bonchev–Trinajstić information content (AvgIpc) is 2.98. The number of aromatic nitrogens is 3. The van der Waals surface area contributed by atoms with Gasteiger partial charge in [0.05, 0.1) is 12.8 Å². The number of aryl methyl sites for hydroxylation is 1. The van der Waals surface area contributed by atoms with E-state index in [-0.39, 0.29) is 5.97 Å². The summed E-state index contributed by atoms with van der Waals surface area (Å²) in [5, 5.41) is 3.88. The van der Waals surface area contributed by atoms with Crippen LogP contribution in [0.5, 0.6) is 0 Å². The minimum atomic E-state index is -0.343. The first-order chi connectivity index (χ1) is 8.70. The number of carbonyl (C=O) groups is 1. The molecule has 0 aliphatic rings. The van der Waals surface area contributed by atoms with Crippen LogP contribution in [0.2, 0.25) is 0 Å². The fraction of sp³-hybridized carbons (Fsp3) is 0.364. The minimum absolute atomic E-state index is 0.343. The molecule has 0 aliphatic carbocycles. The SMILES string of the molecule is COC(=O)c1sc(NCCc2ncc[nH]2)nc1C. The van der Waals surface area contributed by atoms with Crippen LogP contribution in [0.1, 0.15) is 21.2 Å². The van der Waals surface area contributed by atoms with Crippen molar-refractivity contribution in [1.29, 1.82) is 0 Å². The molecule has 2 N–H and O–H groups in total. The Balaban J connectivity index is 1.92. The lowest BCUT2D eigenvalue weighted by Gasteiger charge is -1.99. The Kier molecular flexibility index (Phi) is 3.93. The van der Waals surface area contributed by atoms with Crippen LogP contribution in [0.3, 0.4) is 0 Å². The van der Waals surface area contributed by atoms with Crippen molar-refractivity contribution >= 4 is 22.4 Å². The van der Waals surface area contributed by atoms with Crippen LogP contribution in [0.15, 0.2) is 12.4 Å². The molecule has 0 aromatic carbocycles. The van der Waals surface area contributed by atoms with Crippen LogP contribution in [-0.2, 0) is 11.2 Å². The number of rotatable bonds is 5. The summed E-state index contributed by atoms with van der Waals surface area (Å²) >= 11 is 1.30. The summed E-state index contributed by atoms with van der Waals surface area (Å²) in [7, 11) is 1.37. The predicted molar refractivity (Wildman–Crippen MR) is 69.0 cm³/mol. The number of H-pyrrole nitrogens is 1. The molecule has 0 saturated carbocycles. The third kappa shape index (κ3) is 2.86. The van der Waals surface area contributed by atoms with E-state index < -0.39 is 0 Å². The first-order valence-electron chi connectivity index (χ1n) is 5.48. The lowest BCUT2D eigenvalue weighted by Crippen LogP contribution is -2.05. The number of esters is 1. The van der Waals surface area contributed by atoms with E-state index in [4.69, 9.17) is 0 Å². The molecule has 0 unspecified atom stereocenters. The van der Waals surface area contributed by atoms with Crippen LogP contribution < -0.4 is 5.32 Å². The number of nitrogens with zero attached hydrogens (tertiary/aromatic N) is 2. The first kappa shape index (κ1) is 12.6. The second-order valence-electron chi connectivity index (χ2n) is 3.64. The molecule has 2 heterocycles. The number of imidazole rings is 1. The van der Waals surface area contributed by atoms with Crippen molar-refractivity contribution in [3.8, 4) is 0 Å². The standard InChI is InChI=1S/C11H14N4O2S/c1-7-9(10(16)17-2)18-11(15-7)14-4-3-8-12-5-6-13-8/h5-6H,3-4H2,1-2H3,(H,12,13)(H,14,15). The number of aromatic amines is 1. The Hall–Kier alpha value is -1.89. The number of methoxy groups -OCH3 is 1. The van der Waals surface area contributed by atoms with E-state index in [1.165, 1.54) is 18.4 Å². The molecule has 0 fully saturated rings. The molecule has 0 bridgehead atoms. The first-order valence-corrected chi connectivity index (χ1v) is 6.30. The molecule has 2 rings (SSSR count). The number of nitrogens with one attached hydrogen (secondary N) is 2. The van der Waals surface area contributed by atoms with Gasteiger partial charge in [-0.3, -0.25) is 0 Å². The van der Waals surface area contributed by atoms with Crippen LogP contribution in [0.25, 0.3) is 0 Å². The summed E-state index contributed by atoms with van der Waals surface area (Å²) in [5.74, 6) is 0.577. The highest BCUT2D eigenvalue weighted by Gasteiger charge is 2.15. The lowest BCUT2D eigenvalue weighted by atomic mass is 10.4. The van der Waals surface area contributed by atoms with Crippen molar-refractivity contribution < 1.29 is 9.53 Å². The van der Waals surface area contributed by atoms with E-state index in [9.17, 15) is 4.79 Å². The molecule has 2 aromatic rings. The van der Waals surface area contributed by atoms with Crippen molar-refractivity contribution in [2.75, 3.05) is 19.0 Å². The van der Waals surface area contributed by atoms with Crippen molar-refractivity contribution in [2.24, 2.45) is 0 Å². The summed E-state index contributed by atoms with van der Waals surface area (Å²) < 4.78 is 4.68. The molecular weight excluding hydrogens is 252 g/mol. The van der Waals surface area contributed by atoms with Crippen molar-refractivity contribution in [1.82, 2.24) is 15.0 Å². The van der Waals surface area contributed by atoms with Gasteiger partial charge in [0.15, 0.2) is 5.13 Å². The van der Waals surface area contributed by atoms with Gasteiger partial charge in [0.1, 0.15) is 10.7 Å². The molecule has 0 spiro atoms. The fourth-order valence-corrected chi connectivity index (χ4v) is 2.39. The molecule has 18 heavy (non-hydrogen) atoms. The van der Waals surface area contributed by atoms with Crippen LogP contribution >= 0.6 is 11.3 Å². The van der Waals surface area contributed by atoms with E-state index in [1.807, 2.05) is 0 Å². The number of carbonyl (C=O) groups excluding carboxylic acids is 1. The lowest BCUT2D eigenvalue weighted by molar-refractivity contribution is 0.0605. The number of hydrogen-bond donors (Lipinski definition) is 2. The van der Waals surface area contributed by atoms with Crippen LogP contribution in [0.4, 0.5) is 5.13 Å². The Morgan fingerprint density at radius 1 is 1.61 bits per heavy atom. The molecule has 0 amide bonds. The molecule has 0 saturated heterocycles. The van der Waals surface area contributed by atoms with Gasteiger partial charge in [0, 0.05) is 25.4 Å². The smallest absolute Gasteiger partial charge is 0.350 e. The largest absolute Gasteiger partial charge is 0.465 e. The molecular formula is C11H14N4O2S. The zero-order valence-electron chi connectivity index (χ0n) is 10.2. The molecule has 0 aliphatic heterocycles. The monoisotopic (exact) mass is 266 g/mol. The summed E-state index contributed by atoms with van der Waals surface area (Å²) in [6.45, 7) is 2.50. The third-order valence-corrected chi connectivity index (χ3v) is 3.46. The van der Waals surface area contributed by atoms with Gasteiger partial charge in [-0.1, -0.05) is 11.3 Å². The van der Waals surface area contributed by atoms with Crippen molar-refractivity contribution in [3.63, 3.8) is 0 Å². The molecule has 0 atom stereocenters. The summed E-state index contributed by atoms with van der Waals surface area (Å²) in [6.07, 6.45) is 4.29. The van der Waals surface area contributed by atoms with E-state index in [1.54, 1.807) is 19.3 Å². The Labute approximate surface area is 108 Å². The van der Waals surface area contributed by atoms with E-state index >= 15 is 0 Å². The van der Waals surface area contributed by atoms with Gasteiger partial charge in [0.2, 0.25) is 0 Å². The van der Waals surface area contributed by atoms with Crippen molar-refractivity contribution in [3.05, 3.63) is 28.8 Å². The maximum atomic E-state index is 11.4. The Bertz CT molecular complexity index is 521. The quantitative estimate of drug-likeness (QED) is 0.804. The maximum absolute atomic E-state index is 11.4. The van der Waals surface area contributed by atoms with Gasteiger partial charge in [-0.25, -0.2) is 14.8 Å². The Morgan fingerprint density at radius 2 is 2.44 bits per heavy atom. The highest BCUT2D eigenvalue weighted by Crippen LogP contribution is 2.22. The maximum Gasteiger partial charge on any atom is 0.350 e. The zero-order chi connectivity index (χ0) is 13.0. The number of anilines is 1. The van der Waals surface area contributed by atoms with E-state index in [0.29, 0.717) is 17.1 Å². The van der Waals surface area contributed by atoms with Gasteiger partial charge in [-0.2, -0.15) is 0 Å². The summed E-state index contributed by atoms with van der Waals surface area (Å²) in [6, 6.07) is 0. The summed E-state index contributed by atoms with van der Waals surface area (Å²) in [4.78, 5) is 23.4. The Morgan fingerprint density at radius 3 is 3.11 bits per heavy atom. The average molecular weight is 266 g/mol. The molecule has 7 heteroatoms. The molecule has 96 valence electrons. The highest BCUT2D eigenvalue weighted by atomic mass is 32.1. The fourth-order valence-electron chi connectivity index (χ4n) is 1.48. The van der Waals surface area contributed by atoms with Crippen LogP contribution in [0, 0.1) is 6.92 Å². The van der Waals surface area contributed by atoms with E-state index in [2.05, 4.69) is 25.0 Å². The number of thiazole rings is 1. The van der Waals surface area contributed by atoms with Gasteiger partial charge in [-0.05, 0) is 6.92 Å². The topological polar surface area (TPSA) is 79.9 Å². The van der Waals surface area contributed by atoms with Gasteiger partial charge in [0.25, 0.3) is 0 Å². The van der Waals surface area contributed by atoms with Gasteiger partial charge >= 0.3 is 5.97 Å². The van der Waals surface area contributed by atoms with Crippen LogP contribution in [-0.4, -0.2) is 34.6 Å². The second kappa shape index (κ2) is 5.63.